The number of imidazole rings is 1. The van der Waals surface area contributed by atoms with Gasteiger partial charge in [0.15, 0.2) is 11.0 Å². The highest BCUT2D eigenvalue weighted by atomic mass is 35.5. The molecule has 0 aliphatic carbocycles. The third-order valence-electron chi connectivity index (χ3n) is 3.84. The summed E-state index contributed by atoms with van der Waals surface area (Å²) >= 11 is 12.5. The predicted molar refractivity (Wildman–Crippen MR) is 96.7 cm³/mol. The summed E-state index contributed by atoms with van der Waals surface area (Å²) < 4.78 is 17.5. The van der Waals surface area contributed by atoms with Gasteiger partial charge in [-0.15, -0.1) is 0 Å². The van der Waals surface area contributed by atoms with E-state index in [9.17, 15) is 4.21 Å². The van der Waals surface area contributed by atoms with Crippen LogP contribution < -0.4 is 4.72 Å². The molecule has 7 heteroatoms. The number of nitrogens with zero attached hydrogens (tertiary/aromatic N) is 2. The van der Waals surface area contributed by atoms with Gasteiger partial charge in [0.1, 0.15) is 11.3 Å². The summed E-state index contributed by atoms with van der Waals surface area (Å²) in [7, 11) is 0.471. The lowest BCUT2D eigenvalue weighted by Gasteiger charge is -2.11. The number of benzene rings is 2. The molecule has 2 aromatic carbocycles. The first kappa shape index (κ1) is 16.3. The Morgan fingerprint density at radius 2 is 1.91 bits per heavy atom. The molecule has 0 bridgehead atoms. The summed E-state index contributed by atoms with van der Waals surface area (Å²) in [6, 6.07) is 9.04. The van der Waals surface area contributed by atoms with Crippen molar-refractivity contribution >= 4 is 50.9 Å². The second-order valence-corrected chi connectivity index (χ2v) is 7.21. The van der Waals surface area contributed by atoms with Crippen molar-refractivity contribution in [3.05, 3.63) is 51.8 Å². The van der Waals surface area contributed by atoms with Gasteiger partial charge in [-0.25, -0.2) is 9.19 Å². The minimum atomic E-state index is -1.46. The van der Waals surface area contributed by atoms with Crippen LogP contribution in [-0.4, -0.2) is 13.8 Å². The van der Waals surface area contributed by atoms with E-state index in [4.69, 9.17) is 23.2 Å². The Balaban J connectivity index is 2.00. The maximum atomic E-state index is 12.6. The molecule has 4 nitrogen and oxygen atoms in total. The molecule has 1 unspecified atom stereocenters. The number of hydrogen-bond donors (Lipinski definition) is 1. The Labute approximate surface area is 147 Å². The van der Waals surface area contributed by atoms with Crippen LogP contribution in [0.1, 0.15) is 11.4 Å². The van der Waals surface area contributed by atoms with Crippen LogP contribution in [0.5, 0.6) is 0 Å². The van der Waals surface area contributed by atoms with Gasteiger partial charge in [0.05, 0.1) is 21.1 Å². The third-order valence-corrected chi connectivity index (χ3v) is 5.87. The first-order chi connectivity index (χ1) is 10.9. The average molecular weight is 368 g/mol. The normalized spacial score (nSPS) is 12.6. The lowest BCUT2D eigenvalue weighted by molar-refractivity contribution is 0.686. The van der Waals surface area contributed by atoms with Gasteiger partial charge in [-0.05, 0) is 43.7 Å². The fraction of sp³-hybridized carbons (Fsp3) is 0.188. The van der Waals surface area contributed by atoms with E-state index >= 15 is 0 Å². The van der Waals surface area contributed by atoms with E-state index in [0.717, 1.165) is 16.9 Å². The quantitative estimate of drug-likeness (QED) is 0.733. The highest BCUT2D eigenvalue weighted by Crippen LogP contribution is 2.32. The molecule has 0 aliphatic heterocycles. The second kappa shape index (κ2) is 6.15. The molecule has 120 valence electrons. The molecule has 1 heterocycles. The van der Waals surface area contributed by atoms with Crippen LogP contribution in [0.4, 0.5) is 5.69 Å². The van der Waals surface area contributed by atoms with Gasteiger partial charge in [0.25, 0.3) is 0 Å². The first-order valence-corrected chi connectivity index (χ1v) is 8.85. The number of hydrogen-bond acceptors (Lipinski definition) is 2. The maximum Gasteiger partial charge on any atom is 0.150 e. The van der Waals surface area contributed by atoms with Gasteiger partial charge in [0, 0.05) is 12.1 Å². The molecule has 3 aromatic rings. The molecule has 1 atom stereocenters. The number of aromatic nitrogens is 2. The molecule has 23 heavy (non-hydrogen) atoms. The molecule has 0 saturated carbocycles. The van der Waals surface area contributed by atoms with E-state index in [2.05, 4.69) is 9.71 Å². The minimum Gasteiger partial charge on any atom is -0.331 e. The van der Waals surface area contributed by atoms with Crippen molar-refractivity contribution in [3.63, 3.8) is 0 Å². The lowest BCUT2D eigenvalue weighted by atomic mass is 10.2. The van der Waals surface area contributed by atoms with Gasteiger partial charge in [0.2, 0.25) is 0 Å². The van der Waals surface area contributed by atoms with Gasteiger partial charge in [-0.3, -0.25) is 4.72 Å². The monoisotopic (exact) mass is 367 g/mol. The Hall–Kier alpha value is -1.56. The van der Waals surface area contributed by atoms with E-state index in [1.807, 2.05) is 37.6 Å². The van der Waals surface area contributed by atoms with Crippen molar-refractivity contribution in [1.82, 2.24) is 9.55 Å². The van der Waals surface area contributed by atoms with Gasteiger partial charge >= 0.3 is 0 Å². The van der Waals surface area contributed by atoms with Crippen LogP contribution in [0.2, 0.25) is 10.0 Å². The van der Waals surface area contributed by atoms with Crippen LogP contribution in [0, 0.1) is 13.8 Å². The highest BCUT2D eigenvalue weighted by molar-refractivity contribution is 7.86. The average Bonchev–Trinajstić information content (AvgIpc) is 2.81. The summed E-state index contributed by atoms with van der Waals surface area (Å²) in [5, 5.41) is 1.04. The molecular formula is C16H15Cl2N3OS. The molecule has 0 amide bonds. The van der Waals surface area contributed by atoms with Crippen molar-refractivity contribution in [2.75, 3.05) is 4.72 Å². The molecule has 1 N–H and O–H groups in total. The molecule has 1 aromatic heterocycles. The fourth-order valence-electron chi connectivity index (χ4n) is 2.36. The summed E-state index contributed by atoms with van der Waals surface area (Å²) in [5.74, 6) is 0.867. The molecule has 0 saturated heterocycles. The lowest BCUT2D eigenvalue weighted by Crippen LogP contribution is -2.07. The summed E-state index contributed by atoms with van der Waals surface area (Å²) in [6.45, 7) is 3.75. The van der Waals surface area contributed by atoms with Gasteiger partial charge in [-0.2, -0.15) is 0 Å². The Kier molecular flexibility index (Phi) is 4.36. The zero-order valence-electron chi connectivity index (χ0n) is 12.9. The van der Waals surface area contributed by atoms with Crippen LogP contribution in [0.3, 0.4) is 0 Å². The Morgan fingerprint density at radius 1 is 1.17 bits per heavy atom. The second-order valence-electron chi connectivity index (χ2n) is 5.25. The van der Waals surface area contributed by atoms with Crippen LogP contribution in [-0.2, 0) is 18.0 Å². The molecule has 0 aliphatic rings. The molecular weight excluding hydrogens is 353 g/mol. The molecule has 0 fully saturated rings. The van der Waals surface area contributed by atoms with E-state index in [-0.39, 0.29) is 0 Å². The van der Waals surface area contributed by atoms with E-state index < -0.39 is 11.0 Å². The first-order valence-electron chi connectivity index (χ1n) is 6.95. The van der Waals surface area contributed by atoms with E-state index in [1.165, 1.54) is 0 Å². The van der Waals surface area contributed by atoms with Crippen LogP contribution >= 0.6 is 23.2 Å². The van der Waals surface area contributed by atoms with E-state index in [0.29, 0.717) is 26.1 Å². The van der Waals surface area contributed by atoms with Gasteiger partial charge < -0.3 is 4.57 Å². The Bertz CT molecular complexity index is 937. The summed E-state index contributed by atoms with van der Waals surface area (Å²) in [4.78, 5) is 5.09. The zero-order valence-corrected chi connectivity index (χ0v) is 15.2. The number of aryl methyl sites for hydroxylation is 2. The van der Waals surface area contributed by atoms with Crippen molar-refractivity contribution in [1.29, 1.82) is 0 Å². The number of nitrogens with one attached hydrogen (secondary N) is 1. The summed E-state index contributed by atoms with van der Waals surface area (Å²) in [5.41, 5.74) is 2.99. The van der Waals surface area contributed by atoms with Crippen molar-refractivity contribution < 1.29 is 4.21 Å². The van der Waals surface area contributed by atoms with Gasteiger partial charge in [-0.1, -0.05) is 29.3 Å². The van der Waals surface area contributed by atoms with Crippen LogP contribution in [0.25, 0.3) is 11.0 Å². The fourth-order valence-corrected chi connectivity index (χ4v) is 3.97. The molecule has 3 rings (SSSR count). The standard InChI is InChI=1S/C16H15Cl2N3OS/c1-9-11(17)5-4-6-14(9)23(22)20-12-7-8-13-16(15(12)18)19-10(2)21(13)3/h4-8,20H,1-3H3. The zero-order chi connectivity index (χ0) is 16.7. The number of fused-ring (bicyclic) bond motifs is 1. The molecule has 0 spiro atoms. The summed E-state index contributed by atoms with van der Waals surface area (Å²) in [6.07, 6.45) is 0. The number of anilines is 1. The SMILES string of the molecule is Cc1c(Cl)cccc1S(=O)Nc1ccc2c(nc(C)n2C)c1Cl. The minimum absolute atomic E-state index is 0.458. The number of rotatable bonds is 3. The third kappa shape index (κ3) is 2.84. The largest absolute Gasteiger partial charge is 0.331 e. The number of halogens is 2. The Morgan fingerprint density at radius 3 is 2.65 bits per heavy atom. The predicted octanol–water partition coefficient (Wildman–Crippen LogP) is 4.63. The van der Waals surface area contributed by atoms with E-state index in [1.54, 1.807) is 18.2 Å². The van der Waals surface area contributed by atoms with Crippen molar-refractivity contribution in [3.8, 4) is 0 Å². The molecule has 0 radical (unpaired) electrons. The maximum absolute atomic E-state index is 12.6. The van der Waals surface area contributed by atoms with Crippen LogP contribution in [0.15, 0.2) is 35.2 Å². The smallest absolute Gasteiger partial charge is 0.150 e. The van der Waals surface area contributed by atoms with Crippen molar-refractivity contribution in [2.24, 2.45) is 7.05 Å². The van der Waals surface area contributed by atoms with Crippen molar-refractivity contribution in [2.45, 2.75) is 18.7 Å². The highest BCUT2D eigenvalue weighted by Gasteiger charge is 2.15. The topological polar surface area (TPSA) is 46.9 Å².